The van der Waals surface area contributed by atoms with E-state index in [0.29, 0.717) is 34.7 Å². The van der Waals surface area contributed by atoms with E-state index >= 15 is 0 Å². The molecule has 1 saturated heterocycles. The molecule has 1 aromatic carbocycles. The van der Waals surface area contributed by atoms with Crippen LogP contribution in [0, 0.1) is 6.92 Å². The largest absolute Gasteiger partial charge is 0.379 e. The van der Waals surface area contributed by atoms with Crippen LogP contribution >= 0.6 is 11.6 Å². The Labute approximate surface area is 167 Å². The minimum Gasteiger partial charge on any atom is -0.379 e. The Morgan fingerprint density at radius 2 is 1.82 bits per heavy atom. The molecule has 2 aromatic heterocycles. The van der Waals surface area contributed by atoms with Gasteiger partial charge in [0.15, 0.2) is 0 Å². The summed E-state index contributed by atoms with van der Waals surface area (Å²) in [6.07, 6.45) is 0. The number of fused-ring (bicyclic) bond motifs is 1. The minimum atomic E-state index is -0.137. The van der Waals surface area contributed by atoms with Crippen LogP contribution in [0.4, 0.5) is 0 Å². The number of morpholine rings is 1. The van der Waals surface area contributed by atoms with Crippen molar-refractivity contribution in [2.45, 2.75) is 20.0 Å². The predicted octanol–water partition coefficient (Wildman–Crippen LogP) is 1.83. The summed E-state index contributed by atoms with van der Waals surface area (Å²) in [5.74, 6) is 0. The number of nitrogens with one attached hydrogen (secondary N) is 1. The van der Waals surface area contributed by atoms with Crippen molar-refractivity contribution in [1.29, 1.82) is 0 Å². The van der Waals surface area contributed by atoms with E-state index in [4.69, 9.17) is 16.3 Å². The summed E-state index contributed by atoms with van der Waals surface area (Å²) in [7, 11) is 0. The molecule has 0 amide bonds. The van der Waals surface area contributed by atoms with Gasteiger partial charge in [0.1, 0.15) is 0 Å². The first-order valence-corrected chi connectivity index (χ1v) is 9.78. The van der Waals surface area contributed by atoms with Crippen molar-refractivity contribution in [3.63, 3.8) is 0 Å². The minimum absolute atomic E-state index is 0.0920. The molecule has 1 fully saturated rings. The van der Waals surface area contributed by atoms with E-state index in [1.807, 2.05) is 19.1 Å². The second-order valence-corrected chi connectivity index (χ2v) is 7.53. The SMILES string of the molecule is Cc1c2c(=O)n(CCN3CCOCC3)[nH]c2cc(=O)n1Cc1ccc(Cl)cc1. The van der Waals surface area contributed by atoms with Crippen LogP contribution in [-0.4, -0.2) is 52.1 Å². The lowest BCUT2D eigenvalue weighted by Gasteiger charge is -2.26. The first kappa shape index (κ1) is 19.0. The van der Waals surface area contributed by atoms with E-state index in [9.17, 15) is 9.59 Å². The molecule has 7 nitrogen and oxygen atoms in total. The number of aromatic nitrogens is 3. The highest BCUT2D eigenvalue weighted by molar-refractivity contribution is 6.30. The van der Waals surface area contributed by atoms with E-state index in [0.717, 1.165) is 38.4 Å². The molecule has 28 heavy (non-hydrogen) atoms. The van der Waals surface area contributed by atoms with Crippen LogP contribution in [0.25, 0.3) is 10.9 Å². The Kier molecular flexibility index (Phi) is 5.39. The van der Waals surface area contributed by atoms with Gasteiger partial charge in [0.25, 0.3) is 11.1 Å². The summed E-state index contributed by atoms with van der Waals surface area (Å²) < 4.78 is 8.59. The molecule has 8 heteroatoms. The van der Waals surface area contributed by atoms with Gasteiger partial charge in [0.05, 0.1) is 37.2 Å². The Morgan fingerprint density at radius 1 is 1.11 bits per heavy atom. The number of aromatic amines is 1. The second kappa shape index (κ2) is 7.95. The maximum Gasteiger partial charge on any atom is 0.276 e. The van der Waals surface area contributed by atoms with E-state index in [1.54, 1.807) is 21.4 Å². The molecule has 0 spiro atoms. The fourth-order valence-corrected chi connectivity index (χ4v) is 3.78. The molecule has 4 rings (SSSR count). The van der Waals surface area contributed by atoms with Crippen LogP contribution in [-0.2, 0) is 17.8 Å². The van der Waals surface area contributed by atoms with Crippen molar-refractivity contribution in [3.05, 3.63) is 67.3 Å². The number of hydrogen-bond acceptors (Lipinski definition) is 4. The molecule has 0 unspecified atom stereocenters. The molecule has 0 aliphatic carbocycles. The number of pyridine rings is 1. The Hall–Kier alpha value is -2.35. The Balaban J connectivity index is 1.64. The molecule has 0 bridgehead atoms. The topological polar surface area (TPSA) is 72.3 Å². The van der Waals surface area contributed by atoms with Crippen LogP contribution < -0.4 is 11.1 Å². The van der Waals surface area contributed by atoms with Crippen LogP contribution in [0.1, 0.15) is 11.3 Å². The van der Waals surface area contributed by atoms with Gasteiger partial charge >= 0.3 is 0 Å². The van der Waals surface area contributed by atoms with Gasteiger partial charge in [-0.15, -0.1) is 0 Å². The zero-order valence-electron chi connectivity index (χ0n) is 15.8. The monoisotopic (exact) mass is 402 g/mol. The number of nitrogens with zero attached hydrogens (tertiary/aromatic N) is 3. The lowest BCUT2D eigenvalue weighted by molar-refractivity contribution is 0.0359. The molecule has 148 valence electrons. The molecule has 1 aliphatic rings. The van der Waals surface area contributed by atoms with Crippen molar-refractivity contribution >= 4 is 22.5 Å². The van der Waals surface area contributed by atoms with Crippen molar-refractivity contribution in [2.24, 2.45) is 0 Å². The van der Waals surface area contributed by atoms with Gasteiger partial charge in [-0.05, 0) is 24.6 Å². The first-order chi connectivity index (χ1) is 13.5. The summed E-state index contributed by atoms with van der Waals surface area (Å²) in [6.45, 7) is 6.75. The number of H-pyrrole nitrogens is 1. The number of hydrogen-bond donors (Lipinski definition) is 1. The van der Waals surface area contributed by atoms with Crippen molar-refractivity contribution in [1.82, 2.24) is 19.2 Å². The molecular weight excluding hydrogens is 380 g/mol. The number of aryl methyl sites for hydroxylation is 1. The molecule has 1 aliphatic heterocycles. The van der Waals surface area contributed by atoms with Gasteiger partial charge in [-0.3, -0.25) is 24.3 Å². The third-order valence-electron chi connectivity index (χ3n) is 5.28. The molecule has 0 saturated carbocycles. The van der Waals surface area contributed by atoms with Gasteiger partial charge in [-0.2, -0.15) is 0 Å². The van der Waals surface area contributed by atoms with Gasteiger partial charge < -0.3 is 9.30 Å². The van der Waals surface area contributed by atoms with Gasteiger partial charge in [0.2, 0.25) is 0 Å². The molecule has 3 heterocycles. The second-order valence-electron chi connectivity index (χ2n) is 7.09. The quantitative estimate of drug-likeness (QED) is 0.706. The van der Waals surface area contributed by atoms with E-state index < -0.39 is 0 Å². The van der Waals surface area contributed by atoms with Gasteiger partial charge in [-0.25, -0.2) is 0 Å². The van der Waals surface area contributed by atoms with Gasteiger partial charge in [0, 0.05) is 36.4 Å². The third-order valence-corrected chi connectivity index (χ3v) is 5.53. The number of benzene rings is 1. The Bertz CT molecular complexity index is 1090. The van der Waals surface area contributed by atoms with Crippen LogP contribution in [0.3, 0.4) is 0 Å². The van der Waals surface area contributed by atoms with Crippen molar-refractivity contribution in [2.75, 3.05) is 32.8 Å². The normalized spacial score (nSPS) is 15.4. The number of ether oxygens (including phenoxy) is 1. The fourth-order valence-electron chi connectivity index (χ4n) is 3.65. The molecule has 0 radical (unpaired) electrons. The van der Waals surface area contributed by atoms with Crippen LogP contribution in [0.5, 0.6) is 0 Å². The zero-order valence-corrected chi connectivity index (χ0v) is 16.5. The summed E-state index contributed by atoms with van der Waals surface area (Å²) >= 11 is 5.94. The molecule has 1 N–H and O–H groups in total. The van der Waals surface area contributed by atoms with Crippen molar-refractivity contribution in [3.8, 4) is 0 Å². The standard InChI is InChI=1S/C20H23ClN4O3/c1-14-19-17(12-18(26)24(14)13-15-2-4-16(21)5-3-15)22-25(20(19)27)7-6-23-8-10-28-11-9-23/h2-5,12,22H,6-11,13H2,1H3. The average molecular weight is 403 g/mol. The smallest absolute Gasteiger partial charge is 0.276 e. The first-order valence-electron chi connectivity index (χ1n) is 9.40. The predicted molar refractivity (Wildman–Crippen MR) is 109 cm³/mol. The highest BCUT2D eigenvalue weighted by atomic mass is 35.5. The lowest BCUT2D eigenvalue weighted by Crippen LogP contribution is -2.39. The maximum absolute atomic E-state index is 12.9. The molecule has 3 aromatic rings. The summed E-state index contributed by atoms with van der Waals surface area (Å²) in [4.78, 5) is 27.8. The maximum atomic E-state index is 12.9. The van der Waals surface area contributed by atoms with Crippen molar-refractivity contribution < 1.29 is 4.74 Å². The lowest BCUT2D eigenvalue weighted by atomic mass is 10.2. The van der Waals surface area contributed by atoms with Crippen LogP contribution in [0.15, 0.2) is 39.9 Å². The highest BCUT2D eigenvalue weighted by Gasteiger charge is 2.16. The summed E-state index contributed by atoms with van der Waals surface area (Å²) in [5.41, 5.74) is 1.98. The zero-order chi connectivity index (χ0) is 19.7. The van der Waals surface area contributed by atoms with E-state index in [1.165, 1.54) is 6.07 Å². The molecule has 0 atom stereocenters. The molecular formula is C20H23ClN4O3. The van der Waals surface area contributed by atoms with E-state index in [-0.39, 0.29) is 11.1 Å². The van der Waals surface area contributed by atoms with Gasteiger partial charge in [-0.1, -0.05) is 23.7 Å². The summed E-state index contributed by atoms with van der Waals surface area (Å²) in [6, 6.07) is 8.87. The average Bonchev–Trinajstić information content (AvgIpc) is 3.01. The summed E-state index contributed by atoms with van der Waals surface area (Å²) in [5, 5.41) is 4.31. The number of rotatable bonds is 5. The fraction of sp³-hybridized carbons (Fsp3) is 0.400. The highest BCUT2D eigenvalue weighted by Crippen LogP contribution is 2.14. The van der Waals surface area contributed by atoms with E-state index in [2.05, 4.69) is 10.00 Å². The van der Waals surface area contributed by atoms with Crippen LogP contribution in [0.2, 0.25) is 5.02 Å². The number of halogens is 1. The Morgan fingerprint density at radius 3 is 2.54 bits per heavy atom. The third kappa shape index (κ3) is 3.78.